The summed E-state index contributed by atoms with van der Waals surface area (Å²) in [6, 6.07) is 6.57. The summed E-state index contributed by atoms with van der Waals surface area (Å²) in [5.74, 6) is -3.28. The molecule has 4 nitrogen and oxygen atoms in total. The monoisotopic (exact) mass is 309 g/mol. The van der Waals surface area contributed by atoms with Crippen molar-refractivity contribution >= 4 is 23.4 Å². The molecule has 2 N–H and O–H groups in total. The molecule has 1 unspecified atom stereocenters. The SMILES string of the molecule is NC(OC(=O)C(F)(F)F)C(=O)CCc1ccc(Cl)cc1. The van der Waals surface area contributed by atoms with Crippen LogP contribution in [0.3, 0.4) is 0 Å². The van der Waals surface area contributed by atoms with Crippen LogP contribution in [0.4, 0.5) is 13.2 Å². The molecule has 8 heteroatoms. The Morgan fingerprint density at radius 1 is 1.25 bits per heavy atom. The number of benzene rings is 1. The average Bonchev–Trinajstić information content (AvgIpc) is 2.36. The van der Waals surface area contributed by atoms with Gasteiger partial charge in [-0.05, 0) is 24.1 Å². The lowest BCUT2D eigenvalue weighted by atomic mass is 10.1. The van der Waals surface area contributed by atoms with Gasteiger partial charge in [-0.1, -0.05) is 23.7 Å². The number of alkyl halides is 3. The van der Waals surface area contributed by atoms with Crippen LogP contribution in [-0.4, -0.2) is 24.2 Å². The Morgan fingerprint density at radius 2 is 1.80 bits per heavy atom. The van der Waals surface area contributed by atoms with Crippen LogP contribution in [0.1, 0.15) is 12.0 Å². The molecule has 1 atom stereocenters. The number of esters is 1. The van der Waals surface area contributed by atoms with Crippen LogP contribution in [0.2, 0.25) is 5.02 Å². The molecule has 0 aliphatic heterocycles. The number of nitrogens with two attached hydrogens (primary N) is 1. The number of hydrogen-bond donors (Lipinski definition) is 1. The van der Waals surface area contributed by atoms with Crippen molar-refractivity contribution in [1.82, 2.24) is 0 Å². The molecule has 0 spiro atoms. The molecule has 1 aromatic carbocycles. The number of ketones is 1. The lowest BCUT2D eigenvalue weighted by molar-refractivity contribution is -0.204. The van der Waals surface area contributed by atoms with Gasteiger partial charge in [-0.2, -0.15) is 13.2 Å². The second-order valence-electron chi connectivity index (χ2n) is 3.92. The van der Waals surface area contributed by atoms with E-state index in [0.717, 1.165) is 5.56 Å². The first-order valence-corrected chi connectivity index (χ1v) is 5.88. The highest BCUT2D eigenvalue weighted by Gasteiger charge is 2.42. The van der Waals surface area contributed by atoms with Crippen molar-refractivity contribution in [2.75, 3.05) is 0 Å². The zero-order chi connectivity index (χ0) is 15.3. The van der Waals surface area contributed by atoms with E-state index in [0.29, 0.717) is 5.02 Å². The van der Waals surface area contributed by atoms with E-state index in [1.165, 1.54) is 0 Å². The van der Waals surface area contributed by atoms with Gasteiger partial charge in [0.1, 0.15) is 0 Å². The minimum absolute atomic E-state index is 0.145. The lowest BCUT2D eigenvalue weighted by Crippen LogP contribution is -2.40. The Kier molecular flexibility index (Phi) is 5.52. The number of hydrogen-bond acceptors (Lipinski definition) is 4. The fourth-order valence-electron chi connectivity index (χ4n) is 1.31. The largest absolute Gasteiger partial charge is 0.490 e. The van der Waals surface area contributed by atoms with Gasteiger partial charge in [0.05, 0.1) is 0 Å². The normalized spacial score (nSPS) is 12.8. The molecule has 0 fully saturated rings. The number of aryl methyl sites for hydroxylation is 1. The summed E-state index contributed by atoms with van der Waals surface area (Å²) in [7, 11) is 0. The molecule has 0 aliphatic carbocycles. The highest BCUT2D eigenvalue weighted by atomic mass is 35.5. The molecule has 0 radical (unpaired) electrons. The van der Waals surface area contributed by atoms with Crippen LogP contribution in [0.25, 0.3) is 0 Å². The van der Waals surface area contributed by atoms with E-state index in [1.807, 2.05) is 0 Å². The molecule has 0 saturated carbocycles. The van der Waals surface area contributed by atoms with Gasteiger partial charge in [-0.3, -0.25) is 10.5 Å². The van der Waals surface area contributed by atoms with Crippen LogP contribution in [0, 0.1) is 0 Å². The average molecular weight is 310 g/mol. The summed E-state index contributed by atoms with van der Waals surface area (Å²) < 4.78 is 39.6. The molecule has 0 aliphatic rings. The Morgan fingerprint density at radius 3 is 2.30 bits per heavy atom. The number of carbonyl (C=O) groups excluding carboxylic acids is 2. The quantitative estimate of drug-likeness (QED) is 0.669. The first-order valence-electron chi connectivity index (χ1n) is 5.50. The van der Waals surface area contributed by atoms with Gasteiger partial charge in [0.2, 0.25) is 6.23 Å². The zero-order valence-electron chi connectivity index (χ0n) is 10.1. The molecule has 0 heterocycles. The van der Waals surface area contributed by atoms with Gasteiger partial charge in [-0.25, -0.2) is 4.79 Å². The molecule has 0 saturated heterocycles. The number of Topliss-reactive ketones (excluding diaryl/α,β-unsaturated/α-hetero) is 1. The molecule has 0 amide bonds. The van der Waals surface area contributed by atoms with E-state index in [-0.39, 0.29) is 12.8 Å². The van der Waals surface area contributed by atoms with Crippen molar-refractivity contribution in [3.05, 3.63) is 34.9 Å². The Labute approximate surface area is 117 Å². The Bertz CT molecular complexity index is 488. The summed E-state index contributed by atoms with van der Waals surface area (Å²) in [5.41, 5.74) is 5.85. The van der Waals surface area contributed by atoms with Gasteiger partial charge in [0, 0.05) is 11.4 Å². The zero-order valence-corrected chi connectivity index (χ0v) is 10.9. The number of rotatable bonds is 5. The van der Waals surface area contributed by atoms with Crippen LogP contribution >= 0.6 is 11.6 Å². The predicted molar refractivity (Wildman–Crippen MR) is 64.9 cm³/mol. The second-order valence-corrected chi connectivity index (χ2v) is 4.35. The maximum atomic E-state index is 11.9. The van der Waals surface area contributed by atoms with Gasteiger partial charge >= 0.3 is 12.1 Å². The van der Waals surface area contributed by atoms with E-state index in [4.69, 9.17) is 17.3 Å². The predicted octanol–water partition coefficient (Wildman–Crippen LogP) is 2.23. The number of carbonyl (C=O) groups is 2. The van der Waals surface area contributed by atoms with E-state index >= 15 is 0 Å². The maximum Gasteiger partial charge on any atom is 0.490 e. The third-order valence-electron chi connectivity index (χ3n) is 2.36. The minimum atomic E-state index is -5.17. The van der Waals surface area contributed by atoms with Crippen LogP contribution in [-0.2, 0) is 20.7 Å². The van der Waals surface area contributed by atoms with Gasteiger partial charge in [0.25, 0.3) is 0 Å². The molecule has 0 bridgehead atoms. The molecule has 110 valence electrons. The van der Waals surface area contributed by atoms with Crippen molar-refractivity contribution < 1.29 is 27.5 Å². The van der Waals surface area contributed by atoms with Crippen molar-refractivity contribution in [2.45, 2.75) is 25.2 Å². The smallest absolute Gasteiger partial charge is 0.433 e. The summed E-state index contributed by atoms with van der Waals surface area (Å²) in [6.07, 6.45) is -6.98. The standard InChI is InChI=1S/C12H11ClF3NO3/c13-8-4-1-7(2-5-8)3-6-9(18)10(17)20-11(19)12(14,15)16/h1-2,4-5,10H,3,6,17H2. The van der Waals surface area contributed by atoms with Crippen molar-refractivity contribution in [3.63, 3.8) is 0 Å². The first kappa shape index (κ1) is 16.5. The topological polar surface area (TPSA) is 69.4 Å². The van der Waals surface area contributed by atoms with Crippen LogP contribution < -0.4 is 5.73 Å². The van der Waals surface area contributed by atoms with E-state index in [1.54, 1.807) is 24.3 Å². The fourth-order valence-corrected chi connectivity index (χ4v) is 1.43. The molecular weight excluding hydrogens is 299 g/mol. The first-order chi connectivity index (χ1) is 9.20. The third kappa shape index (κ3) is 5.18. The molecule has 0 aromatic heterocycles. The summed E-state index contributed by atoms with van der Waals surface area (Å²) in [5, 5.41) is 0.524. The Hall–Kier alpha value is -1.60. The maximum absolute atomic E-state index is 11.9. The second kappa shape index (κ2) is 6.71. The summed E-state index contributed by atoms with van der Waals surface area (Å²) >= 11 is 5.67. The van der Waals surface area contributed by atoms with Gasteiger partial charge < -0.3 is 4.74 Å². The van der Waals surface area contributed by atoms with Crippen molar-refractivity contribution in [1.29, 1.82) is 0 Å². The van der Waals surface area contributed by atoms with Crippen molar-refractivity contribution in [3.8, 4) is 0 Å². The van der Waals surface area contributed by atoms with Crippen LogP contribution in [0.5, 0.6) is 0 Å². The lowest BCUT2D eigenvalue weighted by Gasteiger charge is -2.13. The Balaban J connectivity index is 2.46. The minimum Gasteiger partial charge on any atom is -0.433 e. The highest BCUT2D eigenvalue weighted by Crippen LogP contribution is 2.17. The van der Waals surface area contributed by atoms with Crippen LogP contribution in [0.15, 0.2) is 24.3 Å². The molecule has 1 aromatic rings. The fraction of sp³-hybridized carbons (Fsp3) is 0.333. The summed E-state index contributed by atoms with van der Waals surface area (Å²) in [6.45, 7) is 0. The van der Waals surface area contributed by atoms with E-state index in [9.17, 15) is 22.8 Å². The van der Waals surface area contributed by atoms with Crippen molar-refractivity contribution in [2.24, 2.45) is 5.73 Å². The molecule has 1 rings (SSSR count). The highest BCUT2D eigenvalue weighted by molar-refractivity contribution is 6.30. The van der Waals surface area contributed by atoms with Gasteiger partial charge in [-0.15, -0.1) is 0 Å². The molecular formula is C12H11ClF3NO3. The third-order valence-corrected chi connectivity index (χ3v) is 2.61. The molecule has 20 heavy (non-hydrogen) atoms. The van der Waals surface area contributed by atoms with E-state index in [2.05, 4.69) is 4.74 Å². The number of ether oxygens (including phenoxy) is 1. The van der Waals surface area contributed by atoms with E-state index < -0.39 is 24.2 Å². The number of halogens is 4. The van der Waals surface area contributed by atoms with Gasteiger partial charge in [0.15, 0.2) is 5.78 Å². The summed E-state index contributed by atoms with van der Waals surface area (Å²) in [4.78, 5) is 21.9.